The molecule has 0 bridgehead atoms. The average molecular weight is 162 g/mol. The maximum absolute atomic E-state index is 10.0. The van der Waals surface area contributed by atoms with Crippen LogP contribution in [0.3, 0.4) is 0 Å². The SMILES string of the molecule is CC(=O)O.CC1COC(=O)O1. The molecule has 1 N–H and O–H groups in total. The highest BCUT2D eigenvalue weighted by atomic mass is 16.8. The van der Waals surface area contributed by atoms with Crippen LogP contribution in [-0.2, 0) is 14.3 Å². The number of hydrogen-bond donors (Lipinski definition) is 1. The van der Waals surface area contributed by atoms with Gasteiger partial charge in [-0.2, -0.15) is 0 Å². The van der Waals surface area contributed by atoms with Crippen molar-refractivity contribution in [1.82, 2.24) is 0 Å². The third kappa shape index (κ3) is 6.63. The van der Waals surface area contributed by atoms with Crippen molar-refractivity contribution < 1.29 is 24.2 Å². The van der Waals surface area contributed by atoms with Gasteiger partial charge in [-0.25, -0.2) is 4.79 Å². The summed E-state index contributed by atoms with van der Waals surface area (Å²) in [7, 11) is 0. The van der Waals surface area contributed by atoms with Crippen LogP contribution >= 0.6 is 0 Å². The van der Waals surface area contributed by atoms with Crippen LogP contribution in [-0.4, -0.2) is 29.9 Å². The Labute approximate surface area is 63.9 Å². The van der Waals surface area contributed by atoms with Gasteiger partial charge in [0, 0.05) is 6.92 Å². The van der Waals surface area contributed by atoms with Crippen LogP contribution in [0.5, 0.6) is 0 Å². The van der Waals surface area contributed by atoms with Crippen molar-refractivity contribution in [2.75, 3.05) is 6.61 Å². The van der Waals surface area contributed by atoms with E-state index in [4.69, 9.17) is 9.90 Å². The molecule has 0 aliphatic carbocycles. The first-order valence-electron chi connectivity index (χ1n) is 3.05. The number of cyclic esters (lactones) is 2. The lowest BCUT2D eigenvalue weighted by atomic mass is 10.5. The molecule has 1 fully saturated rings. The third-order valence-electron chi connectivity index (χ3n) is 0.733. The minimum atomic E-state index is -0.833. The van der Waals surface area contributed by atoms with Crippen molar-refractivity contribution in [2.24, 2.45) is 0 Å². The predicted molar refractivity (Wildman–Crippen MR) is 35.2 cm³/mol. The highest BCUT2D eigenvalue weighted by Gasteiger charge is 2.19. The zero-order valence-electron chi connectivity index (χ0n) is 6.36. The number of carboxylic acid groups (broad SMARTS) is 1. The van der Waals surface area contributed by atoms with Crippen molar-refractivity contribution >= 4 is 12.1 Å². The van der Waals surface area contributed by atoms with E-state index in [1.165, 1.54) is 0 Å². The fourth-order valence-electron chi connectivity index (χ4n) is 0.418. The summed E-state index contributed by atoms with van der Waals surface area (Å²) in [5.74, 6) is -0.833. The first-order chi connectivity index (χ1) is 5.02. The van der Waals surface area contributed by atoms with Crippen molar-refractivity contribution in [1.29, 1.82) is 0 Å². The van der Waals surface area contributed by atoms with Crippen molar-refractivity contribution in [3.05, 3.63) is 0 Å². The summed E-state index contributed by atoms with van der Waals surface area (Å²) in [4.78, 5) is 19.0. The Morgan fingerprint density at radius 1 is 1.73 bits per heavy atom. The number of carboxylic acids is 1. The van der Waals surface area contributed by atoms with Gasteiger partial charge in [0.05, 0.1) is 0 Å². The third-order valence-corrected chi connectivity index (χ3v) is 0.733. The van der Waals surface area contributed by atoms with Crippen molar-refractivity contribution in [3.8, 4) is 0 Å². The van der Waals surface area contributed by atoms with Crippen LogP contribution in [0.15, 0.2) is 0 Å². The lowest BCUT2D eigenvalue weighted by Gasteiger charge is -1.90. The number of carbonyl (C=O) groups is 2. The highest BCUT2D eigenvalue weighted by Crippen LogP contribution is 2.02. The first kappa shape index (κ1) is 9.74. The minimum Gasteiger partial charge on any atom is -0.481 e. The monoisotopic (exact) mass is 162 g/mol. The number of ether oxygens (including phenoxy) is 2. The van der Waals surface area contributed by atoms with Crippen LogP contribution in [0.25, 0.3) is 0 Å². The predicted octanol–water partition coefficient (Wildman–Crippen LogP) is 0.633. The van der Waals surface area contributed by atoms with Crippen LogP contribution in [0, 0.1) is 0 Å². The lowest BCUT2D eigenvalue weighted by Crippen LogP contribution is -2.01. The molecule has 5 heteroatoms. The summed E-state index contributed by atoms with van der Waals surface area (Å²) in [5, 5.41) is 7.42. The Morgan fingerprint density at radius 2 is 2.18 bits per heavy atom. The van der Waals surface area contributed by atoms with Crippen LogP contribution in [0.4, 0.5) is 4.79 Å². The quantitative estimate of drug-likeness (QED) is 0.529. The minimum absolute atomic E-state index is 0.0486. The second-order valence-electron chi connectivity index (χ2n) is 2.01. The Morgan fingerprint density at radius 3 is 2.27 bits per heavy atom. The lowest BCUT2D eigenvalue weighted by molar-refractivity contribution is -0.134. The summed E-state index contributed by atoms with van der Waals surface area (Å²) in [6.07, 6.45) is -0.597. The molecule has 0 aromatic rings. The maximum Gasteiger partial charge on any atom is 0.508 e. The van der Waals surface area contributed by atoms with Gasteiger partial charge in [-0.1, -0.05) is 0 Å². The molecule has 1 aliphatic rings. The van der Waals surface area contributed by atoms with E-state index in [9.17, 15) is 4.79 Å². The Bertz CT molecular complexity index is 149. The van der Waals surface area contributed by atoms with E-state index in [2.05, 4.69) is 9.47 Å². The van der Waals surface area contributed by atoms with Gasteiger partial charge < -0.3 is 14.6 Å². The van der Waals surface area contributed by atoms with Gasteiger partial charge in [-0.15, -0.1) is 0 Å². The fraction of sp³-hybridized carbons (Fsp3) is 0.667. The van der Waals surface area contributed by atoms with Gasteiger partial charge >= 0.3 is 6.16 Å². The Balaban J connectivity index is 0.000000218. The summed E-state index contributed by atoms with van der Waals surface area (Å²) in [6, 6.07) is 0. The summed E-state index contributed by atoms with van der Waals surface area (Å²) in [6.45, 7) is 3.27. The summed E-state index contributed by atoms with van der Waals surface area (Å²) >= 11 is 0. The van der Waals surface area contributed by atoms with E-state index >= 15 is 0 Å². The molecule has 0 aromatic heterocycles. The molecule has 1 atom stereocenters. The molecular weight excluding hydrogens is 152 g/mol. The van der Waals surface area contributed by atoms with E-state index in [-0.39, 0.29) is 6.10 Å². The van der Waals surface area contributed by atoms with E-state index in [0.717, 1.165) is 6.92 Å². The molecule has 0 radical (unpaired) electrons. The first-order valence-corrected chi connectivity index (χ1v) is 3.05. The Hall–Kier alpha value is -1.26. The molecule has 1 rings (SSSR count). The average Bonchev–Trinajstić information content (AvgIpc) is 2.13. The number of carbonyl (C=O) groups excluding carboxylic acids is 1. The van der Waals surface area contributed by atoms with Gasteiger partial charge in [0.25, 0.3) is 5.97 Å². The Kier molecular flexibility index (Phi) is 4.02. The molecular formula is C6H10O5. The second kappa shape index (κ2) is 4.54. The zero-order valence-corrected chi connectivity index (χ0v) is 6.36. The number of aliphatic carboxylic acids is 1. The van der Waals surface area contributed by atoms with Gasteiger partial charge in [0.15, 0.2) is 0 Å². The van der Waals surface area contributed by atoms with E-state index in [0.29, 0.717) is 6.61 Å². The number of rotatable bonds is 0. The van der Waals surface area contributed by atoms with Crippen LogP contribution < -0.4 is 0 Å². The van der Waals surface area contributed by atoms with E-state index < -0.39 is 12.1 Å². The van der Waals surface area contributed by atoms with Crippen molar-refractivity contribution in [2.45, 2.75) is 20.0 Å². The normalized spacial score (nSPS) is 20.9. The molecule has 11 heavy (non-hydrogen) atoms. The van der Waals surface area contributed by atoms with Crippen LogP contribution in [0.1, 0.15) is 13.8 Å². The molecule has 0 spiro atoms. The van der Waals surface area contributed by atoms with Gasteiger partial charge in [-0.05, 0) is 6.92 Å². The zero-order chi connectivity index (χ0) is 8.85. The number of hydrogen-bond acceptors (Lipinski definition) is 4. The molecule has 5 nitrogen and oxygen atoms in total. The van der Waals surface area contributed by atoms with Crippen LogP contribution in [0.2, 0.25) is 0 Å². The highest BCUT2D eigenvalue weighted by molar-refractivity contribution is 5.63. The smallest absolute Gasteiger partial charge is 0.481 e. The van der Waals surface area contributed by atoms with Gasteiger partial charge in [0.2, 0.25) is 0 Å². The molecule has 0 saturated carbocycles. The molecule has 1 heterocycles. The molecule has 1 aliphatic heterocycles. The topological polar surface area (TPSA) is 72.8 Å². The van der Waals surface area contributed by atoms with E-state index in [1.54, 1.807) is 6.92 Å². The second-order valence-corrected chi connectivity index (χ2v) is 2.01. The molecule has 0 aromatic carbocycles. The largest absolute Gasteiger partial charge is 0.508 e. The fourth-order valence-corrected chi connectivity index (χ4v) is 0.418. The standard InChI is InChI=1S/C4H6O3.C2H4O2/c1-3-2-6-4(5)7-3;1-2(3)4/h3H,2H2,1H3;1H3,(H,3,4). The maximum atomic E-state index is 10.0. The van der Waals surface area contributed by atoms with Crippen molar-refractivity contribution in [3.63, 3.8) is 0 Å². The summed E-state index contributed by atoms with van der Waals surface area (Å²) < 4.78 is 8.90. The molecule has 64 valence electrons. The molecule has 0 amide bonds. The van der Waals surface area contributed by atoms with Gasteiger partial charge in [0.1, 0.15) is 12.7 Å². The van der Waals surface area contributed by atoms with E-state index in [1.807, 2.05) is 0 Å². The molecule has 1 saturated heterocycles. The van der Waals surface area contributed by atoms with Gasteiger partial charge in [-0.3, -0.25) is 4.79 Å². The molecule has 1 unspecified atom stereocenters. The summed E-state index contributed by atoms with van der Waals surface area (Å²) in [5.41, 5.74) is 0.